The summed E-state index contributed by atoms with van der Waals surface area (Å²) in [6, 6.07) is 8.61. The number of carbonyl (C=O) groups is 1. The number of rotatable bonds is 0. The molecule has 3 rings (SSSR count). The average Bonchev–Trinajstić information content (AvgIpc) is 2.54. The molecule has 1 spiro atoms. The Balaban J connectivity index is 1.90. The lowest BCUT2D eigenvalue weighted by Crippen LogP contribution is -2.41. The van der Waals surface area contributed by atoms with E-state index in [1.54, 1.807) is 0 Å². The van der Waals surface area contributed by atoms with Crippen molar-refractivity contribution >= 4 is 5.91 Å². The summed E-state index contributed by atoms with van der Waals surface area (Å²) in [5, 5.41) is 2.92. The van der Waals surface area contributed by atoms with E-state index in [0.29, 0.717) is 6.42 Å². The van der Waals surface area contributed by atoms with Crippen molar-refractivity contribution in [2.45, 2.75) is 25.7 Å². The summed E-state index contributed by atoms with van der Waals surface area (Å²) >= 11 is 0. The summed E-state index contributed by atoms with van der Waals surface area (Å²) in [7, 11) is 0. The second kappa shape index (κ2) is 3.09. The minimum atomic E-state index is 0.231. The molecule has 0 saturated carbocycles. The summed E-state index contributed by atoms with van der Waals surface area (Å²) in [5.74, 6) is 0.231. The molecule has 1 saturated heterocycles. The third-order valence-corrected chi connectivity index (χ3v) is 3.76. The summed E-state index contributed by atoms with van der Waals surface area (Å²) in [4.78, 5) is 11.5. The third-order valence-electron chi connectivity index (χ3n) is 3.76. The van der Waals surface area contributed by atoms with E-state index in [1.165, 1.54) is 11.1 Å². The van der Waals surface area contributed by atoms with Crippen LogP contribution in [0.4, 0.5) is 0 Å². The fraction of sp³-hybridized carbons (Fsp3) is 0.462. The Morgan fingerprint density at radius 2 is 1.73 bits per heavy atom. The van der Waals surface area contributed by atoms with E-state index in [4.69, 9.17) is 0 Å². The lowest BCUT2D eigenvalue weighted by atomic mass is 9.76. The molecule has 0 bridgehead atoms. The Kier molecular flexibility index (Phi) is 1.84. The first-order valence-corrected chi connectivity index (χ1v) is 5.61. The minimum Gasteiger partial charge on any atom is -0.356 e. The van der Waals surface area contributed by atoms with Gasteiger partial charge in [0.25, 0.3) is 0 Å². The molecule has 2 heteroatoms. The van der Waals surface area contributed by atoms with Crippen molar-refractivity contribution in [3.05, 3.63) is 35.4 Å². The van der Waals surface area contributed by atoms with Crippen LogP contribution in [0.5, 0.6) is 0 Å². The van der Waals surface area contributed by atoms with Gasteiger partial charge < -0.3 is 5.32 Å². The van der Waals surface area contributed by atoms with E-state index < -0.39 is 0 Å². The molecule has 1 heterocycles. The van der Waals surface area contributed by atoms with Gasteiger partial charge in [0.05, 0.1) is 0 Å². The molecule has 1 aliphatic heterocycles. The van der Waals surface area contributed by atoms with Crippen LogP contribution in [-0.4, -0.2) is 12.5 Å². The van der Waals surface area contributed by atoms with Crippen molar-refractivity contribution in [1.82, 2.24) is 5.32 Å². The number of benzene rings is 1. The number of piperidine rings is 1. The van der Waals surface area contributed by atoms with E-state index in [9.17, 15) is 4.79 Å². The molecule has 2 aliphatic rings. The van der Waals surface area contributed by atoms with Gasteiger partial charge in [-0.1, -0.05) is 24.3 Å². The highest BCUT2D eigenvalue weighted by Crippen LogP contribution is 2.43. The summed E-state index contributed by atoms with van der Waals surface area (Å²) in [6.45, 7) is 0.854. The molecule has 1 N–H and O–H groups in total. The van der Waals surface area contributed by atoms with Crippen molar-refractivity contribution in [1.29, 1.82) is 0 Å². The van der Waals surface area contributed by atoms with Gasteiger partial charge >= 0.3 is 0 Å². The van der Waals surface area contributed by atoms with Gasteiger partial charge in [0.2, 0.25) is 5.91 Å². The zero-order valence-electron chi connectivity index (χ0n) is 8.75. The fourth-order valence-electron chi connectivity index (χ4n) is 3.03. The molecule has 78 valence electrons. The van der Waals surface area contributed by atoms with Gasteiger partial charge in [0.15, 0.2) is 0 Å². The van der Waals surface area contributed by atoms with E-state index >= 15 is 0 Å². The third kappa shape index (κ3) is 1.44. The van der Waals surface area contributed by atoms with Crippen LogP contribution in [0, 0.1) is 5.41 Å². The predicted molar refractivity (Wildman–Crippen MR) is 58.5 cm³/mol. The lowest BCUT2D eigenvalue weighted by Gasteiger charge is -2.32. The topological polar surface area (TPSA) is 29.1 Å². The van der Waals surface area contributed by atoms with Crippen molar-refractivity contribution in [2.75, 3.05) is 6.54 Å². The van der Waals surface area contributed by atoms with Gasteiger partial charge in [0.1, 0.15) is 0 Å². The molecule has 2 nitrogen and oxygen atoms in total. The smallest absolute Gasteiger partial charge is 0.220 e. The van der Waals surface area contributed by atoms with E-state index in [0.717, 1.165) is 25.8 Å². The van der Waals surface area contributed by atoms with Gasteiger partial charge in [-0.3, -0.25) is 4.79 Å². The van der Waals surface area contributed by atoms with Gasteiger partial charge in [-0.25, -0.2) is 0 Å². The van der Waals surface area contributed by atoms with Crippen molar-refractivity contribution in [2.24, 2.45) is 5.41 Å². The Hall–Kier alpha value is -1.31. The summed E-state index contributed by atoms with van der Waals surface area (Å²) < 4.78 is 0. The number of hydrogen-bond donors (Lipinski definition) is 1. The SMILES string of the molecule is O=C1CC2(CCN1)Cc1ccccc1C2. The highest BCUT2D eigenvalue weighted by Gasteiger charge is 2.40. The highest BCUT2D eigenvalue weighted by atomic mass is 16.1. The lowest BCUT2D eigenvalue weighted by molar-refractivity contribution is -0.125. The second-order valence-corrected chi connectivity index (χ2v) is 4.90. The average molecular weight is 201 g/mol. The van der Waals surface area contributed by atoms with Crippen LogP contribution in [-0.2, 0) is 17.6 Å². The first-order chi connectivity index (χ1) is 7.27. The molecule has 1 aromatic rings. The van der Waals surface area contributed by atoms with Gasteiger partial charge in [-0.15, -0.1) is 0 Å². The Bertz CT molecular complexity index is 386. The molecule has 1 amide bonds. The van der Waals surface area contributed by atoms with Gasteiger partial charge in [0, 0.05) is 13.0 Å². The van der Waals surface area contributed by atoms with Crippen LogP contribution in [0.1, 0.15) is 24.0 Å². The molecule has 1 fully saturated rings. The highest BCUT2D eigenvalue weighted by molar-refractivity contribution is 5.77. The van der Waals surface area contributed by atoms with Crippen LogP contribution < -0.4 is 5.32 Å². The molecule has 0 radical (unpaired) electrons. The predicted octanol–water partition coefficient (Wildman–Crippen LogP) is 1.68. The fourth-order valence-corrected chi connectivity index (χ4v) is 3.03. The van der Waals surface area contributed by atoms with Crippen molar-refractivity contribution < 1.29 is 4.79 Å². The van der Waals surface area contributed by atoms with E-state index in [1.807, 2.05) is 0 Å². The summed E-state index contributed by atoms with van der Waals surface area (Å²) in [5.41, 5.74) is 3.14. The van der Waals surface area contributed by atoms with Crippen LogP contribution in [0.15, 0.2) is 24.3 Å². The van der Waals surface area contributed by atoms with E-state index in [-0.39, 0.29) is 11.3 Å². The maximum Gasteiger partial charge on any atom is 0.220 e. The molecule has 15 heavy (non-hydrogen) atoms. The standard InChI is InChI=1S/C13H15NO/c15-12-9-13(5-6-14-12)7-10-3-1-2-4-11(10)8-13/h1-4H,5-9H2,(H,14,15). The molecular formula is C13H15NO. The normalized spacial score (nSPS) is 22.5. The monoisotopic (exact) mass is 201 g/mol. The first-order valence-electron chi connectivity index (χ1n) is 5.61. The molecule has 0 aromatic heterocycles. The zero-order chi connectivity index (χ0) is 10.3. The van der Waals surface area contributed by atoms with Crippen molar-refractivity contribution in [3.63, 3.8) is 0 Å². The maximum absolute atomic E-state index is 11.5. The molecule has 0 unspecified atom stereocenters. The summed E-state index contributed by atoms with van der Waals surface area (Å²) in [6.07, 6.45) is 4.03. The molecule has 0 atom stereocenters. The Morgan fingerprint density at radius 1 is 1.07 bits per heavy atom. The number of fused-ring (bicyclic) bond motifs is 1. The van der Waals surface area contributed by atoms with Gasteiger partial charge in [-0.05, 0) is 35.8 Å². The van der Waals surface area contributed by atoms with Crippen LogP contribution >= 0.6 is 0 Å². The number of amides is 1. The van der Waals surface area contributed by atoms with Gasteiger partial charge in [-0.2, -0.15) is 0 Å². The molecular weight excluding hydrogens is 186 g/mol. The van der Waals surface area contributed by atoms with Crippen LogP contribution in [0.25, 0.3) is 0 Å². The minimum absolute atomic E-state index is 0.231. The number of hydrogen-bond acceptors (Lipinski definition) is 1. The van der Waals surface area contributed by atoms with Crippen LogP contribution in [0.3, 0.4) is 0 Å². The van der Waals surface area contributed by atoms with Crippen molar-refractivity contribution in [3.8, 4) is 0 Å². The maximum atomic E-state index is 11.5. The largest absolute Gasteiger partial charge is 0.356 e. The quantitative estimate of drug-likeness (QED) is 0.680. The molecule has 1 aliphatic carbocycles. The second-order valence-electron chi connectivity index (χ2n) is 4.90. The Labute approximate surface area is 89.7 Å². The number of nitrogens with one attached hydrogen (secondary N) is 1. The molecule has 1 aromatic carbocycles. The Morgan fingerprint density at radius 3 is 2.33 bits per heavy atom. The zero-order valence-corrected chi connectivity index (χ0v) is 8.75. The first kappa shape index (κ1) is 8.96. The van der Waals surface area contributed by atoms with Crippen LogP contribution in [0.2, 0.25) is 0 Å². The van der Waals surface area contributed by atoms with E-state index in [2.05, 4.69) is 29.6 Å². The number of carbonyl (C=O) groups excluding carboxylic acids is 1.